The number of amides is 2. The van der Waals surface area contributed by atoms with Gasteiger partial charge in [0.15, 0.2) is 5.78 Å². The Bertz CT molecular complexity index is 1270. The van der Waals surface area contributed by atoms with E-state index in [-0.39, 0.29) is 28.5 Å². The number of rotatable bonds is 6. The highest BCUT2D eigenvalue weighted by molar-refractivity contribution is 6.30. The maximum Gasteiger partial charge on any atom is 0.275 e. The van der Waals surface area contributed by atoms with E-state index in [4.69, 9.17) is 11.6 Å². The van der Waals surface area contributed by atoms with E-state index in [9.17, 15) is 14.4 Å². The first kappa shape index (κ1) is 25.2. The molecule has 4 rings (SSSR count). The smallest absolute Gasteiger partial charge is 0.275 e. The summed E-state index contributed by atoms with van der Waals surface area (Å²) in [4.78, 5) is 52.6. The minimum atomic E-state index is -0.549. The van der Waals surface area contributed by atoms with Crippen LogP contribution in [0.1, 0.15) is 57.9 Å². The molecule has 3 heterocycles. The Morgan fingerprint density at radius 1 is 1.03 bits per heavy atom. The fourth-order valence-corrected chi connectivity index (χ4v) is 3.82. The first-order valence-corrected chi connectivity index (χ1v) is 11.9. The number of nitrogens with one attached hydrogen (secondary N) is 3. The second-order valence-corrected chi connectivity index (χ2v) is 8.95. The average Bonchev–Trinajstić information content (AvgIpc) is 3.10. The van der Waals surface area contributed by atoms with E-state index in [1.54, 1.807) is 18.3 Å². The van der Waals surface area contributed by atoms with Crippen molar-refractivity contribution >= 4 is 46.5 Å². The number of aromatic nitrogens is 3. The van der Waals surface area contributed by atoms with Crippen molar-refractivity contribution in [2.45, 2.75) is 32.7 Å². The van der Waals surface area contributed by atoms with Crippen LogP contribution in [0.2, 0.25) is 5.02 Å². The van der Waals surface area contributed by atoms with E-state index >= 15 is 0 Å². The van der Waals surface area contributed by atoms with Crippen LogP contribution in [-0.2, 0) is 0 Å². The number of pyridine rings is 1. The van der Waals surface area contributed by atoms with Gasteiger partial charge in [-0.1, -0.05) is 11.6 Å². The zero-order chi connectivity index (χ0) is 25.7. The van der Waals surface area contributed by atoms with Gasteiger partial charge in [-0.2, -0.15) is 0 Å². The number of hydrogen-bond acceptors (Lipinski definition) is 8. The van der Waals surface area contributed by atoms with E-state index < -0.39 is 11.8 Å². The largest absolute Gasteiger partial charge is 0.343 e. The molecule has 1 saturated heterocycles. The van der Waals surface area contributed by atoms with Crippen molar-refractivity contribution in [2.24, 2.45) is 0 Å². The van der Waals surface area contributed by atoms with Gasteiger partial charge in [-0.25, -0.2) is 15.0 Å². The minimum Gasteiger partial charge on any atom is -0.343 e. The molecular weight excluding hydrogens is 482 g/mol. The number of hydrogen-bond donors (Lipinski definition) is 3. The summed E-state index contributed by atoms with van der Waals surface area (Å²) in [6.45, 7) is 5.05. The molecule has 1 fully saturated rings. The molecule has 1 aliphatic heterocycles. The van der Waals surface area contributed by atoms with Crippen molar-refractivity contribution in [2.75, 3.05) is 28.7 Å². The van der Waals surface area contributed by atoms with Gasteiger partial charge in [0.1, 0.15) is 17.3 Å². The number of ketones is 1. The van der Waals surface area contributed by atoms with Gasteiger partial charge >= 0.3 is 0 Å². The number of halogens is 1. The number of Topliss-reactive ketones (excluding diaryl/α,β-unsaturated/α-hetero) is 1. The van der Waals surface area contributed by atoms with E-state index in [1.165, 1.54) is 37.5 Å². The van der Waals surface area contributed by atoms with Gasteiger partial charge < -0.3 is 15.5 Å². The summed E-state index contributed by atoms with van der Waals surface area (Å²) in [5, 5.41) is 9.19. The van der Waals surface area contributed by atoms with Gasteiger partial charge in [0, 0.05) is 24.3 Å². The van der Waals surface area contributed by atoms with Crippen LogP contribution in [0.4, 0.5) is 17.3 Å². The summed E-state index contributed by atoms with van der Waals surface area (Å²) < 4.78 is 0. The van der Waals surface area contributed by atoms with Crippen molar-refractivity contribution in [3.05, 3.63) is 70.8 Å². The van der Waals surface area contributed by atoms with Crippen LogP contribution < -0.4 is 20.9 Å². The molecule has 10 nitrogen and oxygen atoms in total. The number of carbonyl (C=O) groups excluding carboxylic acids is 3. The highest BCUT2D eigenvalue weighted by Crippen LogP contribution is 2.21. The number of carbonyl (C=O) groups is 3. The summed E-state index contributed by atoms with van der Waals surface area (Å²) in [5.41, 5.74) is 0.734. The quantitative estimate of drug-likeness (QED) is 0.430. The second kappa shape index (κ2) is 11.2. The van der Waals surface area contributed by atoms with Crippen LogP contribution >= 0.6 is 11.6 Å². The van der Waals surface area contributed by atoms with Crippen molar-refractivity contribution in [1.29, 1.82) is 0 Å². The zero-order valence-electron chi connectivity index (χ0n) is 19.9. The monoisotopic (exact) mass is 507 g/mol. The molecule has 1 atom stereocenters. The molecule has 36 heavy (non-hydrogen) atoms. The van der Waals surface area contributed by atoms with Crippen LogP contribution in [0.3, 0.4) is 0 Å². The van der Waals surface area contributed by atoms with Gasteiger partial charge in [-0.3, -0.25) is 19.7 Å². The summed E-state index contributed by atoms with van der Waals surface area (Å²) in [5.74, 6) is -0.355. The normalized spacial score (nSPS) is 15.6. The third-order valence-electron chi connectivity index (χ3n) is 5.78. The van der Waals surface area contributed by atoms with Gasteiger partial charge in [0.2, 0.25) is 0 Å². The zero-order valence-corrected chi connectivity index (χ0v) is 20.7. The first-order chi connectivity index (χ1) is 17.3. The SMILES string of the molecule is CC(=O)c1ccc(NC(=O)c2cnc(N3CCCC(C)NC3)cn2)c(C(=O)Nc2ccc(Cl)cn2)c1. The summed E-state index contributed by atoms with van der Waals surface area (Å²) in [6.07, 6.45) is 6.48. The molecule has 0 radical (unpaired) electrons. The fourth-order valence-electron chi connectivity index (χ4n) is 3.71. The third kappa shape index (κ3) is 6.21. The van der Waals surface area contributed by atoms with Gasteiger partial charge in [0.25, 0.3) is 11.8 Å². The van der Waals surface area contributed by atoms with Gasteiger partial charge in [0.05, 0.1) is 35.3 Å². The number of benzene rings is 1. The van der Waals surface area contributed by atoms with E-state index in [1.807, 2.05) is 0 Å². The lowest BCUT2D eigenvalue weighted by Gasteiger charge is -2.21. The van der Waals surface area contributed by atoms with Gasteiger partial charge in [-0.05, 0) is 57.0 Å². The van der Waals surface area contributed by atoms with Crippen molar-refractivity contribution in [3.8, 4) is 0 Å². The van der Waals surface area contributed by atoms with Crippen molar-refractivity contribution in [3.63, 3.8) is 0 Å². The molecule has 0 aliphatic carbocycles. The Kier molecular flexibility index (Phi) is 7.87. The molecule has 3 N–H and O–H groups in total. The van der Waals surface area contributed by atoms with Crippen LogP contribution in [0, 0.1) is 0 Å². The second-order valence-electron chi connectivity index (χ2n) is 8.52. The minimum absolute atomic E-state index is 0.0938. The summed E-state index contributed by atoms with van der Waals surface area (Å²) in [7, 11) is 0. The average molecular weight is 508 g/mol. The lowest BCUT2D eigenvalue weighted by atomic mass is 10.0. The van der Waals surface area contributed by atoms with Gasteiger partial charge in [-0.15, -0.1) is 0 Å². The first-order valence-electron chi connectivity index (χ1n) is 11.5. The number of anilines is 3. The maximum atomic E-state index is 13.0. The molecule has 3 aromatic rings. The Morgan fingerprint density at radius 2 is 1.86 bits per heavy atom. The third-order valence-corrected chi connectivity index (χ3v) is 6.00. The Labute approximate surface area is 213 Å². The van der Waals surface area contributed by atoms with E-state index in [2.05, 4.69) is 42.7 Å². The molecule has 11 heteroatoms. The molecule has 186 valence electrons. The van der Waals surface area contributed by atoms with Crippen LogP contribution in [0.5, 0.6) is 0 Å². The molecule has 0 saturated carbocycles. The molecule has 2 aromatic heterocycles. The highest BCUT2D eigenvalue weighted by atomic mass is 35.5. The van der Waals surface area contributed by atoms with Crippen LogP contribution in [0.25, 0.3) is 0 Å². The van der Waals surface area contributed by atoms with E-state index in [0.717, 1.165) is 19.4 Å². The fraction of sp³-hybridized carbons (Fsp3) is 0.280. The molecular formula is C25H26ClN7O3. The predicted octanol–water partition coefficient (Wildman–Crippen LogP) is 3.77. The van der Waals surface area contributed by atoms with Crippen molar-refractivity contribution in [1.82, 2.24) is 20.3 Å². The molecule has 0 bridgehead atoms. The summed E-state index contributed by atoms with van der Waals surface area (Å²) in [6, 6.07) is 8.03. The Morgan fingerprint density at radius 3 is 2.56 bits per heavy atom. The lowest BCUT2D eigenvalue weighted by Crippen LogP contribution is -2.36. The Balaban J connectivity index is 1.52. The lowest BCUT2D eigenvalue weighted by molar-refractivity contribution is 0.101. The molecule has 1 aliphatic rings. The summed E-state index contributed by atoms with van der Waals surface area (Å²) >= 11 is 5.85. The predicted molar refractivity (Wildman–Crippen MR) is 138 cm³/mol. The molecule has 1 aromatic carbocycles. The van der Waals surface area contributed by atoms with E-state index in [0.29, 0.717) is 29.1 Å². The standard InChI is InChI=1S/C25H26ClN7O3/c1-15-4-3-9-33(14-30-15)23-13-27-21(12-29-23)25(36)31-20-7-5-17(16(2)34)10-19(20)24(35)32-22-8-6-18(26)11-28-22/h5-8,10-13,15,30H,3-4,9,14H2,1-2H3,(H,31,36)(H,28,32,35). The highest BCUT2D eigenvalue weighted by Gasteiger charge is 2.19. The number of nitrogens with zero attached hydrogens (tertiary/aromatic N) is 4. The molecule has 1 unspecified atom stereocenters. The molecule has 2 amide bonds. The Hall–Kier alpha value is -3.89. The molecule has 0 spiro atoms. The van der Waals surface area contributed by atoms with Crippen molar-refractivity contribution < 1.29 is 14.4 Å². The van der Waals surface area contributed by atoms with Crippen LogP contribution in [-0.4, -0.2) is 51.8 Å². The maximum absolute atomic E-state index is 13.0. The van der Waals surface area contributed by atoms with Crippen LogP contribution in [0.15, 0.2) is 48.9 Å². The topological polar surface area (TPSA) is 129 Å².